The Kier molecular flexibility index (Phi) is 6.32. The van der Waals surface area contributed by atoms with E-state index in [4.69, 9.17) is 11.6 Å². The smallest absolute Gasteiger partial charge is 0.239 e. The van der Waals surface area contributed by atoms with Crippen molar-refractivity contribution in [2.24, 2.45) is 0 Å². The number of thiophene rings is 1. The van der Waals surface area contributed by atoms with Crippen LogP contribution in [-0.2, 0) is 11.3 Å². The summed E-state index contributed by atoms with van der Waals surface area (Å²) in [5.74, 6) is 0.293. The summed E-state index contributed by atoms with van der Waals surface area (Å²) < 4.78 is 0.848. The molecule has 0 radical (unpaired) electrons. The number of nitrogens with zero attached hydrogens (tertiary/aromatic N) is 2. The molecule has 1 atom stereocenters. The SMILES string of the molecule is Cl.O=C(C1CCCN1)N1CCN(Cc2ccc(Cl)s2)CC1. The highest BCUT2D eigenvalue weighted by atomic mass is 35.5. The van der Waals surface area contributed by atoms with E-state index >= 15 is 0 Å². The molecule has 118 valence electrons. The van der Waals surface area contributed by atoms with Crippen molar-refractivity contribution in [3.05, 3.63) is 21.3 Å². The number of amides is 1. The lowest BCUT2D eigenvalue weighted by molar-refractivity contribution is -0.134. The van der Waals surface area contributed by atoms with Gasteiger partial charge in [-0.05, 0) is 31.5 Å². The highest BCUT2D eigenvalue weighted by Gasteiger charge is 2.29. The molecule has 0 aromatic carbocycles. The number of piperazine rings is 1. The number of halogens is 2. The maximum Gasteiger partial charge on any atom is 0.239 e. The number of rotatable bonds is 3. The van der Waals surface area contributed by atoms with Crippen LogP contribution >= 0.6 is 35.3 Å². The van der Waals surface area contributed by atoms with Crippen LogP contribution in [0.3, 0.4) is 0 Å². The van der Waals surface area contributed by atoms with Gasteiger partial charge in [0.2, 0.25) is 5.91 Å². The molecule has 2 fully saturated rings. The second-order valence-corrected chi connectivity index (χ2v) is 7.26. The Morgan fingerprint density at radius 1 is 1.33 bits per heavy atom. The fraction of sp³-hybridized carbons (Fsp3) is 0.643. The number of nitrogens with one attached hydrogen (secondary N) is 1. The van der Waals surface area contributed by atoms with Gasteiger partial charge in [-0.15, -0.1) is 23.7 Å². The average molecular weight is 350 g/mol. The third kappa shape index (κ3) is 4.33. The van der Waals surface area contributed by atoms with Crippen molar-refractivity contribution in [2.45, 2.75) is 25.4 Å². The van der Waals surface area contributed by atoms with Crippen LogP contribution in [0.4, 0.5) is 0 Å². The Morgan fingerprint density at radius 2 is 2.10 bits per heavy atom. The van der Waals surface area contributed by atoms with Crippen LogP contribution in [0, 0.1) is 0 Å². The molecule has 1 aromatic rings. The first-order chi connectivity index (χ1) is 9.72. The van der Waals surface area contributed by atoms with Gasteiger partial charge in [-0.3, -0.25) is 9.69 Å². The standard InChI is InChI=1S/C14H20ClN3OS.ClH/c15-13-4-3-11(20-13)10-17-6-8-18(9-7-17)14(19)12-2-1-5-16-12;/h3-4,12,16H,1-2,5-10H2;1H. The molecular weight excluding hydrogens is 329 g/mol. The van der Waals surface area contributed by atoms with Crippen molar-refractivity contribution >= 4 is 41.3 Å². The number of hydrogen-bond donors (Lipinski definition) is 1. The van der Waals surface area contributed by atoms with Crippen LogP contribution in [0.1, 0.15) is 17.7 Å². The minimum atomic E-state index is 0. The number of carbonyl (C=O) groups excluding carboxylic acids is 1. The van der Waals surface area contributed by atoms with Gasteiger partial charge in [0, 0.05) is 37.6 Å². The van der Waals surface area contributed by atoms with Crippen LogP contribution in [0.5, 0.6) is 0 Å². The number of hydrogen-bond acceptors (Lipinski definition) is 4. The molecule has 3 heterocycles. The van der Waals surface area contributed by atoms with Gasteiger partial charge in [0.25, 0.3) is 0 Å². The molecule has 3 rings (SSSR count). The highest BCUT2D eigenvalue weighted by molar-refractivity contribution is 7.16. The second kappa shape index (κ2) is 7.79. The van der Waals surface area contributed by atoms with Gasteiger partial charge in [0.05, 0.1) is 10.4 Å². The third-order valence-corrected chi connectivity index (χ3v) is 5.27. The molecule has 0 bridgehead atoms. The zero-order valence-electron chi connectivity index (χ0n) is 11.9. The molecule has 0 spiro atoms. The maximum absolute atomic E-state index is 12.3. The first-order valence-corrected chi connectivity index (χ1v) is 8.40. The summed E-state index contributed by atoms with van der Waals surface area (Å²) >= 11 is 7.60. The van der Waals surface area contributed by atoms with Gasteiger partial charge in [-0.25, -0.2) is 0 Å². The fourth-order valence-corrected chi connectivity index (χ4v) is 4.03. The highest BCUT2D eigenvalue weighted by Crippen LogP contribution is 2.23. The molecule has 0 saturated carbocycles. The lowest BCUT2D eigenvalue weighted by Gasteiger charge is -2.35. The van der Waals surface area contributed by atoms with Crippen LogP contribution in [-0.4, -0.2) is 54.5 Å². The first kappa shape index (κ1) is 17.0. The van der Waals surface area contributed by atoms with Crippen LogP contribution < -0.4 is 5.32 Å². The van der Waals surface area contributed by atoms with E-state index in [1.165, 1.54) is 4.88 Å². The first-order valence-electron chi connectivity index (χ1n) is 7.21. The van der Waals surface area contributed by atoms with E-state index in [1.54, 1.807) is 11.3 Å². The summed E-state index contributed by atoms with van der Waals surface area (Å²) in [4.78, 5) is 18.0. The van der Waals surface area contributed by atoms with Gasteiger partial charge < -0.3 is 10.2 Å². The molecule has 21 heavy (non-hydrogen) atoms. The van der Waals surface area contributed by atoms with Crippen molar-refractivity contribution in [2.75, 3.05) is 32.7 Å². The van der Waals surface area contributed by atoms with E-state index in [-0.39, 0.29) is 18.4 Å². The maximum atomic E-state index is 12.3. The Bertz CT molecular complexity index is 469. The minimum absolute atomic E-state index is 0. The Morgan fingerprint density at radius 3 is 2.67 bits per heavy atom. The third-order valence-electron chi connectivity index (χ3n) is 4.05. The molecule has 2 aliphatic rings. The Balaban J connectivity index is 0.00000161. The van der Waals surface area contributed by atoms with Gasteiger partial charge in [-0.1, -0.05) is 11.6 Å². The Labute approximate surface area is 140 Å². The Hall–Kier alpha value is -0.330. The van der Waals surface area contributed by atoms with E-state index < -0.39 is 0 Å². The summed E-state index contributed by atoms with van der Waals surface area (Å²) in [6.07, 6.45) is 2.11. The molecule has 1 aromatic heterocycles. The summed E-state index contributed by atoms with van der Waals surface area (Å²) in [6.45, 7) is 5.52. The van der Waals surface area contributed by atoms with Gasteiger partial charge in [0.1, 0.15) is 0 Å². The quantitative estimate of drug-likeness (QED) is 0.908. The lowest BCUT2D eigenvalue weighted by atomic mass is 10.2. The second-order valence-electron chi connectivity index (χ2n) is 5.46. The van der Waals surface area contributed by atoms with Crippen LogP contribution in [0.25, 0.3) is 0 Å². The zero-order valence-corrected chi connectivity index (χ0v) is 14.3. The molecule has 2 saturated heterocycles. The van der Waals surface area contributed by atoms with Gasteiger partial charge in [-0.2, -0.15) is 0 Å². The molecule has 1 N–H and O–H groups in total. The normalized spacial score (nSPS) is 23.1. The summed E-state index contributed by atoms with van der Waals surface area (Å²) in [5, 5.41) is 3.29. The number of carbonyl (C=O) groups is 1. The van der Waals surface area contributed by atoms with E-state index in [0.717, 1.165) is 56.4 Å². The zero-order chi connectivity index (χ0) is 13.9. The van der Waals surface area contributed by atoms with Gasteiger partial charge >= 0.3 is 0 Å². The van der Waals surface area contributed by atoms with E-state index in [1.807, 2.05) is 11.0 Å². The van der Waals surface area contributed by atoms with Crippen LogP contribution in [0.15, 0.2) is 12.1 Å². The minimum Gasteiger partial charge on any atom is -0.339 e. The lowest BCUT2D eigenvalue weighted by Crippen LogP contribution is -2.52. The van der Waals surface area contributed by atoms with Gasteiger partial charge in [0.15, 0.2) is 0 Å². The predicted molar refractivity (Wildman–Crippen MR) is 89.5 cm³/mol. The van der Waals surface area contributed by atoms with Crippen molar-refractivity contribution in [1.29, 1.82) is 0 Å². The van der Waals surface area contributed by atoms with Crippen molar-refractivity contribution in [3.63, 3.8) is 0 Å². The van der Waals surface area contributed by atoms with Crippen LogP contribution in [0.2, 0.25) is 4.34 Å². The van der Waals surface area contributed by atoms with Crippen molar-refractivity contribution in [3.8, 4) is 0 Å². The summed E-state index contributed by atoms with van der Waals surface area (Å²) in [5.41, 5.74) is 0. The molecule has 7 heteroatoms. The van der Waals surface area contributed by atoms with Crippen molar-refractivity contribution < 1.29 is 4.79 Å². The molecule has 1 unspecified atom stereocenters. The summed E-state index contributed by atoms with van der Waals surface area (Å²) in [6, 6.07) is 4.11. The topological polar surface area (TPSA) is 35.6 Å². The predicted octanol–water partition coefficient (Wildman–Crippen LogP) is 2.22. The van der Waals surface area contributed by atoms with E-state index in [2.05, 4.69) is 16.3 Å². The molecular formula is C14H21Cl2N3OS. The largest absolute Gasteiger partial charge is 0.339 e. The molecule has 2 aliphatic heterocycles. The molecule has 4 nitrogen and oxygen atoms in total. The van der Waals surface area contributed by atoms with E-state index in [9.17, 15) is 4.79 Å². The van der Waals surface area contributed by atoms with Crippen molar-refractivity contribution in [1.82, 2.24) is 15.1 Å². The fourth-order valence-electron chi connectivity index (χ4n) is 2.90. The molecule has 0 aliphatic carbocycles. The monoisotopic (exact) mass is 349 g/mol. The molecule has 1 amide bonds. The summed E-state index contributed by atoms with van der Waals surface area (Å²) in [7, 11) is 0. The average Bonchev–Trinajstić information content (AvgIpc) is 3.11. The van der Waals surface area contributed by atoms with E-state index in [0.29, 0.717) is 5.91 Å².